The van der Waals surface area contributed by atoms with Crippen molar-refractivity contribution in [2.45, 2.75) is 17.9 Å². The van der Waals surface area contributed by atoms with Crippen molar-refractivity contribution in [3.63, 3.8) is 0 Å². The van der Waals surface area contributed by atoms with Crippen molar-refractivity contribution in [2.24, 2.45) is 5.10 Å². The van der Waals surface area contributed by atoms with Crippen molar-refractivity contribution in [3.05, 3.63) is 101 Å². The molecule has 4 rings (SSSR count). The lowest BCUT2D eigenvalue weighted by molar-refractivity contribution is -0.118. The summed E-state index contributed by atoms with van der Waals surface area (Å²) in [7, 11) is 0. The first-order valence-corrected chi connectivity index (χ1v) is 12.3. The van der Waals surface area contributed by atoms with Crippen LogP contribution in [0.1, 0.15) is 16.7 Å². The number of ether oxygens (including phenoxy) is 1. The number of nitrogens with one attached hydrogen (secondary N) is 1. The number of benzene rings is 3. The molecule has 0 spiro atoms. The van der Waals surface area contributed by atoms with E-state index in [9.17, 15) is 4.79 Å². The van der Waals surface area contributed by atoms with E-state index in [1.807, 2.05) is 60.0 Å². The molecule has 166 valence electrons. The van der Waals surface area contributed by atoms with E-state index in [0.29, 0.717) is 12.4 Å². The third-order valence-corrected chi connectivity index (χ3v) is 6.73. The number of thioether (sulfide) groups is 1. The summed E-state index contributed by atoms with van der Waals surface area (Å²) in [6.07, 6.45) is 1.60. The molecule has 4 aromatic rings. The summed E-state index contributed by atoms with van der Waals surface area (Å²) < 4.78 is 6.80. The highest BCUT2D eigenvalue weighted by molar-refractivity contribution is 8.01. The van der Waals surface area contributed by atoms with E-state index < -0.39 is 0 Å². The predicted octanol–water partition coefficient (Wildman–Crippen LogP) is 5.94. The van der Waals surface area contributed by atoms with Crippen LogP contribution in [-0.2, 0) is 11.4 Å². The van der Waals surface area contributed by atoms with Crippen molar-refractivity contribution in [1.29, 1.82) is 0 Å². The zero-order valence-electron chi connectivity index (χ0n) is 18.1. The van der Waals surface area contributed by atoms with Gasteiger partial charge < -0.3 is 4.74 Å². The fourth-order valence-corrected chi connectivity index (χ4v) is 4.59. The number of carbonyl (C=O) groups is 1. The van der Waals surface area contributed by atoms with Crippen molar-refractivity contribution in [1.82, 2.24) is 10.4 Å². The number of aryl methyl sites for hydroxylation is 1. The zero-order valence-corrected chi connectivity index (χ0v) is 19.7. The Morgan fingerprint density at radius 3 is 2.64 bits per heavy atom. The van der Waals surface area contributed by atoms with E-state index in [2.05, 4.69) is 46.7 Å². The highest BCUT2D eigenvalue weighted by atomic mass is 32.2. The monoisotopic (exact) mass is 473 g/mol. The van der Waals surface area contributed by atoms with Crippen LogP contribution in [0.25, 0.3) is 11.3 Å². The highest BCUT2D eigenvalue weighted by Gasteiger charge is 2.08. The Bertz CT molecular complexity index is 1220. The number of carbonyl (C=O) groups excluding carboxylic acids is 1. The molecule has 0 atom stereocenters. The molecule has 0 saturated carbocycles. The Hall–Kier alpha value is -3.42. The molecule has 3 aromatic carbocycles. The number of rotatable bonds is 9. The van der Waals surface area contributed by atoms with Crippen LogP contribution in [0.15, 0.2) is 93.7 Å². The summed E-state index contributed by atoms with van der Waals surface area (Å²) in [4.78, 5) is 16.8. The number of para-hydroxylation sites is 1. The lowest BCUT2D eigenvalue weighted by Gasteiger charge is -2.09. The van der Waals surface area contributed by atoms with Crippen molar-refractivity contribution >= 4 is 35.2 Å². The summed E-state index contributed by atoms with van der Waals surface area (Å²) in [6, 6.07) is 25.8. The van der Waals surface area contributed by atoms with Gasteiger partial charge in [-0.3, -0.25) is 4.79 Å². The van der Waals surface area contributed by atoms with E-state index in [-0.39, 0.29) is 11.7 Å². The van der Waals surface area contributed by atoms with Crippen LogP contribution in [0.5, 0.6) is 5.75 Å². The molecule has 33 heavy (non-hydrogen) atoms. The Labute approximate surface area is 201 Å². The molecule has 0 bridgehead atoms. The second kappa shape index (κ2) is 11.4. The maximum absolute atomic E-state index is 12.2. The molecule has 0 unspecified atom stereocenters. The molecular formula is C26H23N3O2S2. The third kappa shape index (κ3) is 6.78. The molecule has 7 heteroatoms. The number of hydrogen-bond acceptors (Lipinski definition) is 6. The topological polar surface area (TPSA) is 63.6 Å². The molecule has 1 amide bonds. The standard InChI is InChI=1S/C26H23N3O2S2/c1-19-11-13-20(14-12-19)16-31-24-10-6-5-9-22(24)15-27-29-25(30)18-33-26-28-23(17-32-26)21-7-3-2-4-8-21/h2-15,17H,16,18H2,1H3,(H,29,30)/b27-15+. The summed E-state index contributed by atoms with van der Waals surface area (Å²) >= 11 is 2.93. The van der Waals surface area contributed by atoms with E-state index in [4.69, 9.17) is 4.74 Å². The number of hydrazone groups is 1. The van der Waals surface area contributed by atoms with Gasteiger partial charge in [-0.1, -0.05) is 84.1 Å². The number of thiazole rings is 1. The summed E-state index contributed by atoms with van der Waals surface area (Å²) in [5.74, 6) is 0.762. The average molecular weight is 474 g/mol. The van der Waals surface area contributed by atoms with Crippen LogP contribution >= 0.6 is 23.1 Å². The summed E-state index contributed by atoms with van der Waals surface area (Å²) in [5, 5.41) is 6.10. The van der Waals surface area contributed by atoms with Crippen LogP contribution in [0.2, 0.25) is 0 Å². The first kappa shape index (κ1) is 22.8. The van der Waals surface area contributed by atoms with Gasteiger partial charge in [0.1, 0.15) is 12.4 Å². The molecule has 0 saturated heterocycles. The molecule has 5 nitrogen and oxygen atoms in total. The van der Waals surface area contributed by atoms with E-state index in [1.54, 1.807) is 6.21 Å². The van der Waals surface area contributed by atoms with Crippen LogP contribution in [0.3, 0.4) is 0 Å². The van der Waals surface area contributed by atoms with Crippen molar-refractivity contribution in [2.75, 3.05) is 5.75 Å². The maximum Gasteiger partial charge on any atom is 0.250 e. The van der Waals surface area contributed by atoms with Crippen LogP contribution in [0.4, 0.5) is 0 Å². The van der Waals surface area contributed by atoms with Crippen LogP contribution in [-0.4, -0.2) is 22.9 Å². The number of hydrogen-bond donors (Lipinski definition) is 1. The fourth-order valence-electron chi connectivity index (χ4n) is 2.96. The second-order valence-corrected chi connectivity index (χ2v) is 9.34. The maximum atomic E-state index is 12.2. The van der Waals surface area contributed by atoms with Gasteiger partial charge in [0.15, 0.2) is 4.34 Å². The fraction of sp³-hybridized carbons (Fsp3) is 0.115. The van der Waals surface area contributed by atoms with Crippen molar-refractivity contribution in [3.8, 4) is 17.0 Å². The third-order valence-electron chi connectivity index (χ3n) is 4.71. The quantitative estimate of drug-likeness (QED) is 0.186. The molecule has 0 aliphatic carbocycles. The van der Waals surface area contributed by atoms with Crippen LogP contribution in [0, 0.1) is 6.92 Å². The Morgan fingerprint density at radius 1 is 1.06 bits per heavy atom. The van der Waals surface area contributed by atoms with Gasteiger partial charge in [-0.2, -0.15) is 5.10 Å². The molecule has 1 N–H and O–H groups in total. The lowest BCUT2D eigenvalue weighted by atomic mass is 10.1. The van der Waals surface area contributed by atoms with Gasteiger partial charge in [-0.25, -0.2) is 10.4 Å². The van der Waals surface area contributed by atoms with Gasteiger partial charge in [0, 0.05) is 16.5 Å². The van der Waals surface area contributed by atoms with Gasteiger partial charge in [-0.15, -0.1) is 11.3 Å². The smallest absolute Gasteiger partial charge is 0.250 e. The number of aromatic nitrogens is 1. The minimum atomic E-state index is -0.189. The van der Waals surface area contributed by atoms with Gasteiger partial charge in [-0.05, 0) is 24.6 Å². The Kier molecular flexibility index (Phi) is 7.90. The lowest BCUT2D eigenvalue weighted by Crippen LogP contribution is -2.19. The van der Waals surface area contributed by atoms with E-state index in [0.717, 1.165) is 26.7 Å². The number of amides is 1. The zero-order chi connectivity index (χ0) is 22.9. The molecular weight excluding hydrogens is 450 g/mol. The van der Waals surface area contributed by atoms with Gasteiger partial charge in [0.05, 0.1) is 17.7 Å². The largest absolute Gasteiger partial charge is 0.488 e. The SMILES string of the molecule is Cc1ccc(COc2ccccc2/C=N/NC(=O)CSc2nc(-c3ccccc3)cs2)cc1. The average Bonchev–Trinajstić information content (AvgIpc) is 3.33. The van der Waals surface area contributed by atoms with Gasteiger partial charge in [0.2, 0.25) is 0 Å². The number of nitrogens with zero attached hydrogens (tertiary/aromatic N) is 2. The van der Waals surface area contributed by atoms with Crippen LogP contribution < -0.4 is 10.2 Å². The van der Waals surface area contributed by atoms with Gasteiger partial charge in [0.25, 0.3) is 5.91 Å². The molecule has 0 fully saturated rings. The molecule has 1 heterocycles. The summed E-state index contributed by atoms with van der Waals surface area (Å²) in [6.45, 7) is 2.52. The summed E-state index contributed by atoms with van der Waals surface area (Å²) in [5.41, 5.74) is 7.67. The minimum absolute atomic E-state index is 0.189. The van der Waals surface area contributed by atoms with Gasteiger partial charge >= 0.3 is 0 Å². The van der Waals surface area contributed by atoms with E-state index in [1.165, 1.54) is 28.7 Å². The first-order valence-electron chi connectivity index (χ1n) is 10.4. The molecule has 0 radical (unpaired) electrons. The molecule has 1 aromatic heterocycles. The van der Waals surface area contributed by atoms with E-state index >= 15 is 0 Å². The Balaban J connectivity index is 1.27. The normalized spacial score (nSPS) is 10.9. The predicted molar refractivity (Wildman–Crippen MR) is 136 cm³/mol. The minimum Gasteiger partial charge on any atom is -0.488 e. The Morgan fingerprint density at radius 2 is 1.82 bits per heavy atom. The highest BCUT2D eigenvalue weighted by Crippen LogP contribution is 2.28. The molecule has 0 aliphatic rings. The first-order chi connectivity index (χ1) is 16.2. The molecule has 0 aliphatic heterocycles. The second-order valence-electron chi connectivity index (χ2n) is 7.26. The van der Waals surface area contributed by atoms with Crippen molar-refractivity contribution < 1.29 is 9.53 Å².